The van der Waals surface area contributed by atoms with Gasteiger partial charge in [-0.25, -0.2) is 0 Å². The highest BCUT2D eigenvalue weighted by Gasteiger charge is 2.38. The minimum atomic E-state index is -0.506. The van der Waals surface area contributed by atoms with Crippen LogP contribution in [0.4, 0.5) is 0 Å². The lowest BCUT2D eigenvalue weighted by Crippen LogP contribution is -2.28. The standard InChI is InChI=1S/C25H23BrN2O3/c1-14-10-15(2)19(11-16(14)13-30-18-8-6-17(26)7-9-18)23-20(12-27)25(28)31-22-5-3-4-21(29)24(22)23/h6-11,23H,3-5,13,28H2,1-2H3. The zero-order chi connectivity index (χ0) is 22.1. The number of nitrogens with zero attached hydrogens (tertiary/aromatic N) is 1. The van der Waals surface area contributed by atoms with E-state index in [0.29, 0.717) is 36.4 Å². The molecule has 2 N–H and O–H groups in total. The number of hydrogen-bond donors (Lipinski definition) is 1. The van der Waals surface area contributed by atoms with E-state index in [9.17, 15) is 10.1 Å². The summed E-state index contributed by atoms with van der Waals surface area (Å²) in [6.45, 7) is 4.41. The molecule has 4 rings (SSSR count). The van der Waals surface area contributed by atoms with Crippen molar-refractivity contribution in [3.8, 4) is 11.8 Å². The molecule has 2 aliphatic rings. The first-order valence-electron chi connectivity index (χ1n) is 10.2. The highest BCUT2D eigenvalue weighted by molar-refractivity contribution is 9.10. The average molecular weight is 479 g/mol. The number of rotatable bonds is 4. The van der Waals surface area contributed by atoms with Crippen LogP contribution in [0.2, 0.25) is 0 Å². The molecule has 1 unspecified atom stereocenters. The Morgan fingerprint density at radius 2 is 1.94 bits per heavy atom. The fraction of sp³-hybridized carbons (Fsp3) is 0.280. The van der Waals surface area contributed by atoms with Gasteiger partial charge in [0.05, 0.1) is 5.92 Å². The first kappa shape index (κ1) is 21.2. The summed E-state index contributed by atoms with van der Waals surface area (Å²) in [6, 6.07) is 14.0. The number of allylic oxidation sites excluding steroid dienone is 3. The zero-order valence-corrected chi connectivity index (χ0v) is 19.1. The van der Waals surface area contributed by atoms with Crippen LogP contribution in [0.5, 0.6) is 5.75 Å². The van der Waals surface area contributed by atoms with E-state index in [-0.39, 0.29) is 11.7 Å². The van der Waals surface area contributed by atoms with Crippen LogP contribution < -0.4 is 10.5 Å². The molecule has 6 heteroatoms. The molecule has 0 saturated carbocycles. The summed E-state index contributed by atoms with van der Waals surface area (Å²) in [7, 11) is 0. The first-order valence-corrected chi connectivity index (χ1v) is 11.0. The number of aryl methyl sites for hydroxylation is 2. The Kier molecular flexibility index (Phi) is 5.88. The van der Waals surface area contributed by atoms with E-state index < -0.39 is 5.92 Å². The largest absolute Gasteiger partial charge is 0.489 e. The number of hydrogen-bond acceptors (Lipinski definition) is 5. The van der Waals surface area contributed by atoms with E-state index in [1.54, 1.807) is 0 Å². The van der Waals surface area contributed by atoms with Gasteiger partial charge >= 0.3 is 0 Å². The number of carbonyl (C=O) groups is 1. The lowest BCUT2D eigenvalue weighted by Gasteiger charge is -2.32. The molecule has 2 aromatic rings. The zero-order valence-electron chi connectivity index (χ0n) is 17.5. The smallest absolute Gasteiger partial charge is 0.205 e. The molecule has 1 heterocycles. The molecule has 2 aromatic carbocycles. The molecular weight excluding hydrogens is 456 g/mol. The van der Waals surface area contributed by atoms with Crippen molar-refractivity contribution in [2.45, 2.75) is 45.6 Å². The molecule has 0 radical (unpaired) electrons. The van der Waals surface area contributed by atoms with Gasteiger partial charge < -0.3 is 15.2 Å². The maximum atomic E-state index is 12.8. The van der Waals surface area contributed by atoms with Crippen molar-refractivity contribution in [1.29, 1.82) is 5.26 Å². The van der Waals surface area contributed by atoms with Crippen LogP contribution in [0.25, 0.3) is 0 Å². The van der Waals surface area contributed by atoms with Gasteiger partial charge in [-0.2, -0.15) is 5.26 Å². The van der Waals surface area contributed by atoms with Gasteiger partial charge in [0.25, 0.3) is 0 Å². The summed E-state index contributed by atoms with van der Waals surface area (Å²) in [5, 5.41) is 9.83. The van der Waals surface area contributed by atoms with Gasteiger partial charge in [0, 0.05) is 22.9 Å². The minimum Gasteiger partial charge on any atom is -0.489 e. The predicted octanol–water partition coefficient (Wildman–Crippen LogP) is 5.46. The Labute approximate surface area is 190 Å². The van der Waals surface area contributed by atoms with E-state index in [1.807, 2.05) is 44.2 Å². The van der Waals surface area contributed by atoms with E-state index in [2.05, 4.69) is 28.1 Å². The van der Waals surface area contributed by atoms with Gasteiger partial charge in [0.15, 0.2) is 5.78 Å². The van der Waals surface area contributed by atoms with Gasteiger partial charge in [-0.15, -0.1) is 0 Å². The Morgan fingerprint density at radius 3 is 2.65 bits per heavy atom. The number of halogens is 1. The molecule has 1 aliphatic carbocycles. The molecule has 0 amide bonds. The van der Waals surface area contributed by atoms with Crippen LogP contribution in [0, 0.1) is 25.2 Å². The molecule has 31 heavy (non-hydrogen) atoms. The van der Waals surface area contributed by atoms with Crippen molar-refractivity contribution in [1.82, 2.24) is 0 Å². The maximum absolute atomic E-state index is 12.8. The third-order valence-electron chi connectivity index (χ3n) is 5.85. The molecule has 1 atom stereocenters. The molecular formula is C25H23BrN2O3. The van der Waals surface area contributed by atoms with Crippen molar-refractivity contribution in [3.63, 3.8) is 0 Å². The van der Waals surface area contributed by atoms with E-state index >= 15 is 0 Å². The van der Waals surface area contributed by atoms with E-state index in [1.165, 1.54) is 0 Å². The van der Waals surface area contributed by atoms with Crippen LogP contribution >= 0.6 is 15.9 Å². The summed E-state index contributed by atoms with van der Waals surface area (Å²) >= 11 is 3.43. The molecule has 0 bridgehead atoms. The first-order chi connectivity index (χ1) is 14.9. The molecule has 0 fully saturated rings. The highest BCUT2D eigenvalue weighted by atomic mass is 79.9. The Hall–Kier alpha value is -3.04. The van der Waals surface area contributed by atoms with Crippen LogP contribution in [0.15, 0.2) is 63.7 Å². The summed E-state index contributed by atoms with van der Waals surface area (Å²) in [5.41, 5.74) is 10.9. The summed E-state index contributed by atoms with van der Waals surface area (Å²) < 4.78 is 12.7. The Bertz CT molecular complexity index is 1160. The fourth-order valence-electron chi connectivity index (χ4n) is 4.24. The van der Waals surface area contributed by atoms with Crippen molar-refractivity contribution in [3.05, 3.63) is 85.9 Å². The number of benzene rings is 2. The van der Waals surface area contributed by atoms with Gasteiger partial charge in [0.1, 0.15) is 29.8 Å². The lowest BCUT2D eigenvalue weighted by atomic mass is 9.75. The predicted molar refractivity (Wildman–Crippen MR) is 121 cm³/mol. The number of ether oxygens (including phenoxy) is 2. The van der Waals surface area contributed by atoms with Crippen molar-refractivity contribution >= 4 is 21.7 Å². The number of carbonyl (C=O) groups excluding carboxylic acids is 1. The fourth-order valence-corrected chi connectivity index (χ4v) is 4.51. The van der Waals surface area contributed by atoms with Crippen molar-refractivity contribution in [2.75, 3.05) is 0 Å². The van der Waals surface area contributed by atoms with E-state index in [0.717, 1.165) is 38.9 Å². The summed E-state index contributed by atoms with van der Waals surface area (Å²) in [5.74, 6) is 0.983. The van der Waals surface area contributed by atoms with Gasteiger partial charge in [-0.3, -0.25) is 4.79 Å². The van der Waals surface area contributed by atoms with E-state index in [4.69, 9.17) is 15.2 Å². The monoisotopic (exact) mass is 478 g/mol. The normalized spacial score (nSPS) is 18.4. The van der Waals surface area contributed by atoms with Gasteiger partial charge in [-0.1, -0.05) is 28.1 Å². The molecule has 5 nitrogen and oxygen atoms in total. The third-order valence-corrected chi connectivity index (χ3v) is 6.38. The topological polar surface area (TPSA) is 85.3 Å². The summed E-state index contributed by atoms with van der Waals surface area (Å²) in [6.07, 6.45) is 1.85. The number of ketones is 1. The second-order valence-electron chi connectivity index (χ2n) is 7.92. The maximum Gasteiger partial charge on any atom is 0.205 e. The number of Topliss-reactive ketones (excluding diaryl/α,β-unsaturated/α-hetero) is 1. The van der Waals surface area contributed by atoms with Crippen LogP contribution in [-0.4, -0.2) is 5.78 Å². The number of nitrogens with two attached hydrogens (primary N) is 1. The van der Waals surface area contributed by atoms with Crippen LogP contribution in [0.3, 0.4) is 0 Å². The molecule has 0 saturated heterocycles. The SMILES string of the molecule is Cc1cc(C)c(C2C(C#N)=C(N)OC3=C2C(=O)CCC3)cc1COc1ccc(Br)cc1. The second-order valence-corrected chi connectivity index (χ2v) is 8.83. The average Bonchev–Trinajstić information content (AvgIpc) is 2.74. The Balaban J connectivity index is 1.75. The van der Waals surface area contributed by atoms with Crippen molar-refractivity contribution in [2.24, 2.45) is 5.73 Å². The van der Waals surface area contributed by atoms with Crippen LogP contribution in [-0.2, 0) is 16.1 Å². The molecule has 158 valence electrons. The second kappa shape index (κ2) is 8.60. The van der Waals surface area contributed by atoms with Gasteiger partial charge in [0.2, 0.25) is 5.88 Å². The molecule has 0 aromatic heterocycles. The molecule has 0 spiro atoms. The highest BCUT2D eigenvalue weighted by Crippen LogP contribution is 2.44. The quantitative estimate of drug-likeness (QED) is 0.630. The summed E-state index contributed by atoms with van der Waals surface area (Å²) in [4.78, 5) is 12.8. The third kappa shape index (κ3) is 4.11. The minimum absolute atomic E-state index is 0.0270. The Morgan fingerprint density at radius 1 is 1.19 bits per heavy atom. The van der Waals surface area contributed by atoms with Crippen molar-refractivity contribution < 1.29 is 14.3 Å². The molecule has 1 aliphatic heterocycles. The van der Waals surface area contributed by atoms with Crippen LogP contribution in [0.1, 0.15) is 47.4 Å². The number of nitriles is 1. The van der Waals surface area contributed by atoms with Gasteiger partial charge in [-0.05, 0) is 66.8 Å². The lowest BCUT2D eigenvalue weighted by molar-refractivity contribution is -0.116.